The van der Waals surface area contributed by atoms with Gasteiger partial charge in [0.05, 0.1) is 6.10 Å². The fraction of sp³-hybridized carbons (Fsp3) is 0.857. The van der Waals surface area contributed by atoms with Crippen LogP contribution in [0, 0.1) is 13.0 Å². The van der Waals surface area contributed by atoms with E-state index in [0.717, 1.165) is 6.42 Å². The monoisotopic (exact) mass is 113 g/mol. The molecular formula is C7H13O. The molecule has 0 bridgehead atoms. The Balaban J connectivity index is 3.10. The average Bonchev–Trinajstić information content (AvgIpc) is 1.65. The van der Waals surface area contributed by atoms with Gasteiger partial charge in [-0.2, -0.15) is 0 Å². The molecule has 1 unspecified atom stereocenters. The summed E-state index contributed by atoms with van der Waals surface area (Å²) in [5.41, 5.74) is 0. The van der Waals surface area contributed by atoms with Gasteiger partial charge in [-0.15, -0.1) is 0 Å². The molecule has 0 spiro atoms. The van der Waals surface area contributed by atoms with Crippen molar-refractivity contribution in [2.24, 2.45) is 5.92 Å². The second kappa shape index (κ2) is 3.90. The average molecular weight is 113 g/mol. The summed E-state index contributed by atoms with van der Waals surface area (Å²) in [6.07, 6.45) is 1.07. The zero-order valence-corrected chi connectivity index (χ0v) is 5.77. The number of hydrogen-bond donors (Lipinski definition) is 0. The summed E-state index contributed by atoms with van der Waals surface area (Å²) in [5, 5.41) is 0. The highest BCUT2D eigenvalue weighted by atomic mass is 16.5. The van der Waals surface area contributed by atoms with Gasteiger partial charge in [-0.25, -0.2) is 0 Å². The maximum Gasteiger partial charge on any atom is 0.173 e. The molecule has 0 aromatic heterocycles. The molecule has 8 heavy (non-hydrogen) atoms. The van der Waals surface area contributed by atoms with Crippen LogP contribution in [0.1, 0.15) is 27.2 Å². The van der Waals surface area contributed by atoms with E-state index in [9.17, 15) is 0 Å². The van der Waals surface area contributed by atoms with E-state index in [2.05, 4.69) is 18.6 Å². The van der Waals surface area contributed by atoms with Crippen LogP contribution in [0.25, 0.3) is 0 Å². The van der Waals surface area contributed by atoms with Crippen molar-refractivity contribution in [3.05, 3.63) is 7.11 Å². The van der Waals surface area contributed by atoms with Crippen LogP contribution < -0.4 is 0 Å². The molecule has 47 valence electrons. The Morgan fingerprint density at radius 1 is 1.38 bits per heavy atom. The van der Waals surface area contributed by atoms with Crippen LogP contribution in [-0.2, 0) is 4.74 Å². The summed E-state index contributed by atoms with van der Waals surface area (Å²) >= 11 is 0. The molecule has 0 aromatic carbocycles. The zero-order valence-electron chi connectivity index (χ0n) is 5.77. The zero-order chi connectivity index (χ0) is 6.57. The third-order valence-corrected chi connectivity index (χ3v) is 1.00. The molecule has 0 N–H and O–H groups in total. The SMILES string of the molecule is [C]OC(C)CC(C)C. The molecule has 0 aromatic rings. The van der Waals surface area contributed by atoms with Gasteiger partial charge in [0, 0.05) is 0 Å². The summed E-state index contributed by atoms with van der Waals surface area (Å²) in [7, 11) is 6.50. The number of hydrogen-bond acceptors (Lipinski definition) is 1. The van der Waals surface area contributed by atoms with Crippen LogP contribution in [0.3, 0.4) is 0 Å². The summed E-state index contributed by atoms with van der Waals surface area (Å²) < 4.78 is 4.31. The molecule has 0 rings (SSSR count). The highest BCUT2D eigenvalue weighted by molar-refractivity contribution is 4.52. The molecule has 0 heterocycles. The van der Waals surface area contributed by atoms with E-state index in [1.807, 2.05) is 6.92 Å². The van der Waals surface area contributed by atoms with E-state index in [-0.39, 0.29) is 6.10 Å². The van der Waals surface area contributed by atoms with Gasteiger partial charge in [-0.3, -0.25) is 0 Å². The van der Waals surface area contributed by atoms with E-state index in [0.29, 0.717) is 5.92 Å². The molecule has 1 atom stereocenters. The summed E-state index contributed by atoms with van der Waals surface area (Å²) in [5.74, 6) is 0.635. The Morgan fingerprint density at radius 2 is 1.88 bits per heavy atom. The minimum Gasteiger partial charge on any atom is -0.362 e. The van der Waals surface area contributed by atoms with Gasteiger partial charge in [-0.1, -0.05) is 13.8 Å². The fourth-order valence-corrected chi connectivity index (χ4v) is 0.712. The predicted octanol–water partition coefficient (Wildman–Crippen LogP) is 1.98. The van der Waals surface area contributed by atoms with Gasteiger partial charge in [0.2, 0.25) is 0 Å². The highest BCUT2D eigenvalue weighted by Gasteiger charge is 2.01. The van der Waals surface area contributed by atoms with E-state index < -0.39 is 0 Å². The molecule has 1 nitrogen and oxygen atoms in total. The van der Waals surface area contributed by atoms with Crippen LogP contribution in [0.5, 0.6) is 0 Å². The van der Waals surface area contributed by atoms with Crippen molar-refractivity contribution in [3.8, 4) is 0 Å². The lowest BCUT2D eigenvalue weighted by Crippen LogP contribution is -2.06. The lowest BCUT2D eigenvalue weighted by molar-refractivity contribution is 0.133. The van der Waals surface area contributed by atoms with Crippen molar-refractivity contribution < 1.29 is 4.74 Å². The van der Waals surface area contributed by atoms with Crippen LogP contribution >= 0.6 is 0 Å². The lowest BCUT2D eigenvalue weighted by atomic mass is 10.1. The van der Waals surface area contributed by atoms with Gasteiger partial charge in [0.1, 0.15) is 0 Å². The topological polar surface area (TPSA) is 9.23 Å². The minimum atomic E-state index is 0.0926. The summed E-state index contributed by atoms with van der Waals surface area (Å²) in [6, 6.07) is 0. The molecule has 0 amide bonds. The Bertz CT molecular complexity index is 50.3. The van der Waals surface area contributed by atoms with Crippen molar-refractivity contribution in [3.63, 3.8) is 0 Å². The Labute approximate surface area is 52.0 Å². The van der Waals surface area contributed by atoms with Crippen molar-refractivity contribution in [1.82, 2.24) is 0 Å². The molecule has 0 aliphatic rings. The Hall–Kier alpha value is -0.0400. The largest absolute Gasteiger partial charge is 0.362 e. The van der Waals surface area contributed by atoms with E-state index in [1.165, 1.54) is 0 Å². The summed E-state index contributed by atoms with van der Waals surface area (Å²) in [6.45, 7) is 6.15. The maximum absolute atomic E-state index is 6.50. The van der Waals surface area contributed by atoms with Crippen molar-refractivity contribution >= 4 is 0 Å². The third kappa shape index (κ3) is 4.13. The van der Waals surface area contributed by atoms with Gasteiger partial charge < -0.3 is 4.74 Å². The second-order valence-corrected chi connectivity index (χ2v) is 2.56. The third-order valence-electron chi connectivity index (χ3n) is 1.00. The first-order chi connectivity index (χ1) is 3.66. The van der Waals surface area contributed by atoms with Gasteiger partial charge >= 0.3 is 0 Å². The maximum atomic E-state index is 6.50. The van der Waals surface area contributed by atoms with Gasteiger partial charge in [0.15, 0.2) is 7.11 Å². The lowest BCUT2D eigenvalue weighted by Gasteiger charge is -2.09. The van der Waals surface area contributed by atoms with Crippen molar-refractivity contribution in [2.45, 2.75) is 33.3 Å². The Morgan fingerprint density at radius 3 is 2.00 bits per heavy atom. The van der Waals surface area contributed by atoms with Crippen molar-refractivity contribution in [1.29, 1.82) is 0 Å². The Kier molecular flexibility index (Phi) is 3.88. The normalized spacial score (nSPS) is 14.6. The minimum absolute atomic E-state index is 0.0926. The second-order valence-electron chi connectivity index (χ2n) is 2.56. The predicted molar refractivity (Wildman–Crippen MR) is 33.2 cm³/mol. The smallest absolute Gasteiger partial charge is 0.173 e. The van der Waals surface area contributed by atoms with E-state index >= 15 is 0 Å². The van der Waals surface area contributed by atoms with Crippen LogP contribution in [0.15, 0.2) is 0 Å². The molecular weight excluding hydrogens is 100 g/mol. The number of rotatable bonds is 3. The quantitative estimate of drug-likeness (QED) is 0.543. The van der Waals surface area contributed by atoms with Crippen LogP contribution in [-0.4, -0.2) is 6.10 Å². The fourth-order valence-electron chi connectivity index (χ4n) is 0.712. The van der Waals surface area contributed by atoms with Crippen LogP contribution in [0.2, 0.25) is 0 Å². The first-order valence-electron chi connectivity index (χ1n) is 2.99. The standard InChI is InChI=1S/C7H13O/c1-6(2)5-7(3)8-4/h6-7H,5H2,1-3H3. The first kappa shape index (κ1) is 7.96. The van der Waals surface area contributed by atoms with Gasteiger partial charge in [0.25, 0.3) is 0 Å². The highest BCUT2D eigenvalue weighted by Crippen LogP contribution is 2.05. The molecule has 0 aliphatic heterocycles. The number of ether oxygens (including phenoxy) is 1. The molecule has 0 saturated carbocycles. The molecule has 0 aliphatic carbocycles. The van der Waals surface area contributed by atoms with E-state index in [1.54, 1.807) is 0 Å². The van der Waals surface area contributed by atoms with Gasteiger partial charge in [-0.05, 0) is 19.3 Å². The molecule has 1 heteroatoms. The molecule has 3 radical (unpaired) electrons. The van der Waals surface area contributed by atoms with E-state index in [4.69, 9.17) is 7.11 Å². The summed E-state index contributed by atoms with van der Waals surface area (Å²) in [4.78, 5) is 0. The first-order valence-corrected chi connectivity index (χ1v) is 2.99. The van der Waals surface area contributed by atoms with Crippen LogP contribution in [0.4, 0.5) is 0 Å². The molecule has 0 saturated heterocycles. The van der Waals surface area contributed by atoms with Crippen molar-refractivity contribution in [2.75, 3.05) is 0 Å². The molecule has 0 fully saturated rings.